The van der Waals surface area contributed by atoms with Gasteiger partial charge < -0.3 is 5.11 Å². The number of aromatic nitrogens is 1. The van der Waals surface area contributed by atoms with Crippen molar-refractivity contribution in [2.45, 2.75) is 0 Å². The minimum atomic E-state index is -1.03. The largest absolute Gasteiger partial charge is 0.478 e. The van der Waals surface area contributed by atoms with E-state index >= 15 is 0 Å². The Bertz CT molecular complexity index is 979. The molecule has 3 rings (SSSR count). The van der Waals surface area contributed by atoms with Crippen LogP contribution in [0, 0.1) is 0 Å². The van der Waals surface area contributed by atoms with Crippen molar-refractivity contribution < 1.29 is 14.7 Å². The number of benzene rings is 2. The number of nitrogens with zero attached hydrogens (tertiary/aromatic N) is 2. The predicted molar refractivity (Wildman–Crippen MR) is 89.6 cm³/mol. The summed E-state index contributed by atoms with van der Waals surface area (Å²) in [6.07, 6.45) is 1.48. The van der Waals surface area contributed by atoms with Crippen LogP contribution in [0.4, 0.5) is 5.69 Å². The van der Waals surface area contributed by atoms with E-state index in [1.807, 2.05) is 0 Å². The number of hydrogen-bond donors (Lipinski definition) is 1. The van der Waals surface area contributed by atoms with E-state index in [-0.39, 0.29) is 5.56 Å². The molecule has 23 heavy (non-hydrogen) atoms. The molecule has 1 N–H and O–H groups in total. The molecule has 0 atom stereocenters. The molecule has 112 valence electrons. The first kappa shape index (κ1) is 15.1. The molecule has 0 amide bonds. The molecule has 0 spiro atoms. The third kappa shape index (κ3) is 3.04. The van der Waals surface area contributed by atoms with Crippen molar-refractivity contribution in [3.63, 3.8) is 0 Å². The van der Waals surface area contributed by atoms with E-state index in [1.165, 1.54) is 12.1 Å². The second kappa shape index (κ2) is 6.12. The summed E-state index contributed by atoms with van der Waals surface area (Å²) in [6.45, 7) is 0. The average molecular weight is 369 g/mol. The number of carbonyl (C=O) groups excluding carboxylic acids is 1. The first-order chi connectivity index (χ1) is 11.1. The van der Waals surface area contributed by atoms with Crippen molar-refractivity contribution in [2.75, 3.05) is 0 Å². The highest BCUT2D eigenvalue weighted by molar-refractivity contribution is 9.10. The Hall–Kier alpha value is -2.82. The van der Waals surface area contributed by atoms with Crippen LogP contribution >= 0.6 is 15.9 Å². The van der Waals surface area contributed by atoms with Gasteiger partial charge in [-0.1, -0.05) is 28.1 Å². The number of carbonyl (C=O) groups is 1. The van der Waals surface area contributed by atoms with Crippen LogP contribution in [0.5, 0.6) is 0 Å². The number of aromatic carboxylic acids is 1. The third-order valence-electron chi connectivity index (χ3n) is 3.32. The minimum Gasteiger partial charge on any atom is -0.478 e. The van der Waals surface area contributed by atoms with Gasteiger partial charge in [-0.3, -0.25) is 0 Å². The normalized spacial score (nSPS) is 10.3. The molecular weight excluding hydrogens is 360 g/mol. The third-order valence-corrected chi connectivity index (χ3v) is 3.81. The number of hydrogen-bond acceptors (Lipinski definition) is 4. The minimum absolute atomic E-state index is 0.163. The van der Waals surface area contributed by atoms with Crippen LogP contribution in [0.1, 0.15) is 10.4 Å². The number of isocyanates is 1. The van der Waals surface area contributed by atoms with Crippen molar-refractivity contribution in [1.29, 1.82) is 0 Å². The van der Waals surface area contributed by atoms with Gasteiger partial charge in [0.05, 0.1) is 22.5 Å². The number of carboxylic acids is 1. The van der Waals surface area contributed by atoms with Crippen molar-refractivity contribution in [3.05, 3.63) is 58.6 Å². The maximum atomic E-state index is 11.6. The van der Waals surface area contributed by atoms with Gasteiger partial charge in [0.15, 0.2) is 0 Å². The molecule has 2 aromatic carbocycles. The summed E-state index contributed by atoms with van der Waals surface area (Å²) in [4.78, 5) is 30.0. The monoisotopic (exact) mass is 368 g/mol. The first-order valence-corrected chi connectivity index (χ1v) is 7.40. The molecule has 0 bridgehead atoms. The van der Waals surface area contributed by atoms with Crippen molar-refractivity contribution in [3.8, 4) is 11.3 Å². The van der Waals surface area contributed by atoms with E-state index in [0.29, 0.717) is 27.8 Å². The van der Waals surface area contributed by atoms with Gasteiger partial charge >= 0.3 is 5.97 Å². The van der Waals surface area contributed by atoms with Crippen LogP contribution in [0.2, 0.25) is 0 Å². The molecule has 1 aromatic heterocycles. The number of carboxylic acid groups (broad SMARTS) is 1. The highest BCUT2D eigenvalue weighted by Crippen LogP contribution is 2.28. The zero-order chi connectivity index (χ0) is 16.4. The summed E-state index contributed by atoms with van der Waals surface area (Å²) in [5.41, 5.74) is 2.35. The maximum absolute atomic E-state index is 11.6. The molecule has 0 fully saturated rings. The zero-order valence-corrected chi connectivity index (χ0v) is 13.2. The quantitative estimate of drug-likeness (QED) is 0.551. The molecule has 0 radical (unpaired) electrons. The Morgan fingerprint density at radius 2 is 2.00 bits per heavy atom. The zero-order valence-electron chi connectivity index (χ0n) is 11.7. The van der Waals surface area contributed by atoms with Gasteiger partial charge in [0.25, 0.3) is 0 Å². The Labute approximate surface area is 139 Å². The molecule has 1 heterocycles. The van der Waals surface area contributed by atoms with E-state index in [4.69, 9.17) is 0 Å². The molecule has 6 heteroatoms. The van der Waals surface area contributed by atoms with Gasteiger partial charge in [-0.2, -0.15) is 4.99 Å². The first-order valence-electron chi connectivity index (χ1n) is 6.60. The van der Waals surface area contributed by atoms with Crippen LogP contribution in [-0.2, 0) is 4.79 Å². The van der Waals surface area contributed by atoms with E-state index in [9.17, 15) is 14.7 Å². The van der Waals surface area contributed by atoms with Crippen LogP contribution in [0.3, 0.4) is 0 Å². The SMILES string of the molecule is O=C=Nc1cccc(-c2cc(C(=O)O)c3cc(Br)ccc3n2)c1. The summed E-state index contributed by atoms with van der Waals surface area (Å²) in [5.74, 6) is -1.03. The fourth-order valence-corrected chi connectivity index (χ4v) is 2.67. The van der Waals surface area contributed by atoms with Crippen molar-refractivity contribution in [2.24, 2.45) is 4.99 Å². The van der Waals surface area contributed by atoms with Crippen LogP contribution in [-0.4, -0.2) is 22.1 Å². The molecule has 0 saturated heterocycles. The van der Waals surface area contributed by atoms with Gasteiger partial charge in [0.1, 0.15) is 0 Å². The second-order valence-electron chi connectivity index (χ2n) is 4.78. The van der Waals surface area contributed by atoms with Gasteiger partial charge in [-0.05, 0) is 36.4 Å². The number of pyridine rings is 1. The standard InChI is InChI=1S/C17H9BrN2O3/c18-11-4-5-15-13(7-11)14(17(22)23)8-16(20-15)10-2-1-3-12(6-10)19-9-21/h1-8H,(H,22,23). The molecule has 0 aliphatic rings. The van der Waals surface area contributed by atoms with Gasteiger partial charge in [0.2, 0.25) is 6.08 Å². The van der Waals surface area contributed by atoms with Crippen LogP contribution < -0.4 is 0 Å². The van der Waals surface area contributed by atoms with E-state index < -0.39 is 5.97 Å². The highest BCUT2D eigenvalue weighted by Gasteiger charge is 2.13. The molecule has 3 aromatic rings. The number of halogens is 1. The fraction of sp³-hybridized carbons (Fsp3) is 0. The lowest BCUT2D eigenvalue weighted by Crippen LogP contribution is -2.00. The maximum Gasteiger partial charge on any atom is 0.336 e. The number of aliphatic imine (C=N–C) groups is 1. The average Bonchev–Trinajstić information content (AvgIpc) is 2.54. The summed E-state index contributed by atoms with van der Waals surface area (Å²) in [7, 11) is 0. The van der Waals surface area contributed by atoms with Crippen molar-refractivity contribution in [1.82, 2.24) is 4.98 Å². The van der Waals surface area contributed by atoms with Gasteiger partial charge in [0, 0.05) is 15.4 Å². The Balaban J connectivity index is 2.26. The molecule has 5 nitrogen and oxygen atoms in total. The fourth-order valence-electron chi connectivity index (χ4n) is 2.31. The predicted octanol–water partition coefficient (Wildman–Crippen LogP) is 4.33. The number of fused-ring (bicyclic) bond motifs is 1. The van der Waals surface area contributed by atoms with E-state index in [0.717, 1.165) is 4.47 Å². The summed E-state index contributed by atoms with van der Waals surface area (Å²) >= 11 is 3.34. The van der Waals surface area contributed by atoms with Gasteiger partial charge in [-0.25, -0.2) is 14.6 Å². The Morgan fingerprint density at radius 1 is 1.17 bits per heavy atom. The lowest BCUT2D eigenvalue weighted by molar-refractivity contribution is 0.0699. The summed E-state index contributed by atoms with van der Waals surface area (Å²) in [5, 5.41) is 10.0. The molecule has 0 unspecified atom stereocenters. The van der Waals surface area contributed by atoms with E-state index in [2.05, 4.69) is 25.9 Å². The molecular formula is C17H9BrN2O3. The van der Waals surface area contributed by atoms with Gasteiger partial charge in [-0.15, -0.1) is 0 Å². The Kier molecular flexibility index (Phi) is 4.02. The highest BCUT2D eigenvalue weighted by atomic mass is 79.9. The molecule has 0 aliphatic carbocycles. The second-order valence-corrected chi connectivity index (χ2v) is 5.69. The summed E-state index contributed by atoms with van der Waals surface area (Å²) in [6, 6.07) is 13.6. The van der Waals surface area contributed by atoms with Crippen LogP contribution in [0.25, 0.3) is 22.2 Å². The smallest absolute Gasteiger partial charge is 0.336 e. The Morgan fingerprint density at radius 3 is 2.74 bits per heavy atom. The van der Waals surface area contributed by atoms with Crippen molar-refractivity contribution >= 4 is 44.6 Å². The molecule has 0 saturated carbocycles. The number of rotatable bonds is 3. The lowest BCUT2D eigenvalue weighted by atomic mass is 10.0. The molecule has 0 aliphatic heterocycles. The lowest BCUT2D eigenvalue weighted by Gasteiger charge is -2.08. The summed E-state index contributed by atoms with van der Waals surface area (Å²) < 4.78 is 0.782. The van der Waals surface area contributed by atoms with E-state index in [1.54, 1.807) is 42.5 Å². The topological polar surface area (TPSA) is 79.6 Å². The van der Waals surface area contributed by atoms with Crippen LogP contribution in [0.15, 0.2) is 58.0 Å².